The average Bonchev–Trinajstić information content (AvgIpc) is 2.34. The van der Waals surface area contributed by atoms with Gasteiger partial charge in [0.2, 0.25) is 0 Å². The van der Waals surface area contributed by atoms with Gasteiger partial charge in [-0.2, -0.15) is 0 Å². The van der Waals surface area contributed by atoms with Crippen molar-refractivity contribution in [1.82, 2.24) is 0 Å². The summed E-state index contributed by atoms with van der Waals surface area (Å²) in [5.41, 5.74) is 1.79. The summed E-state index contributed by atoms with van der Waals surface area (Å²) in [7, 11) is 0. The molecule has 1 aliphatic rings. The molecule has 4 heteroatoms. The minimum absolute atomic E-state index is 0. The third-order valence-corrected chi connectivity index (χ3v) is 1.67. The van der Waals surface area contributed by atoms with Crippen molar-refractivity contribution in [3.8, 4) is 0 Å². The topological polar surface area (TPSA) is 29.1 Å². The number of ketones is 1. The number of carbonyl (C=O) groups excluding carboxylic acids is 1. The van der Waals surface area contributed by atoms with E-state index < -0.39 is 0 Å². The van der Waals surface area contributed by atoms with Crippen LogP contribution in [-0.4, -0.2) is 12.3 Å². The van der Waals surface area contributed by atoms with E-state index in [1.54, 1.807) is 0 Å². The number of nitrogens with one attached hydrogen (secondary N) is 1. The van der Waals surface area contributed by atoms with E-state index in [0.29, 0.717) is 6.54 Å². The van der Waals surface area contributed by atoms with Crippen LogP contribution in [0.4, 0.5) is 5.69 Å². The Kier molecular flexibility index (Phi) is 4.07. The first-order valence-electron chi connectivity index (χ1n) is 3.24. The standard InChI is InChI=1S/C8H7NO.2ClH/c10-8-5-9-7-4-2-1-3-6(7)8;;/h1-4,9H,5H2;2*1H. The summed E-state index contributed by atoms with van der Waals surface area (Å²) < 4.78 is 0. The molecule has 0 radical (unpaired) electrons. The molecule has 0 bridgehead atoms. The van der Waals surface area contributed by atoms with Crippen molar-refractivity contribution >= 4 is 36.3 Å². The molecule has 1 aliphatic heterocycles. The molecule has 2 nitrogen and oxygen atoms in total. The van der Waals surface area contributed by atoms with Gasteiger partial charge in [0, 0.05) is 11.3 Å². The van der Waals surface area contributed by atoms with Crippen molar-refractivity contribution in [2.45, 2.75) is 0 Å². The first-order valence-corrected chi connectivity index (χ1v) is 3.24. The number of Topliss-reactive ketones (excluding diaryl/α,β-unsaturated/α-hetero) is 1. The smallest absolute Gasteiger partial charge is 0.183 e. The second kappa shape index (κ2) is 4.33. The highest BCUT2D eigenvalue weighted by Crippen LogP contribution is 2.20. The van der Waals surface area contributed by atoms with E-state index in [1.165, 1.54) is 0 Å². The van der Waals surface area contributed by atoms with Gasteiger partial charge in [-0.3, -0.25) is 4.79 Å². The molecule has 1 aromatic carbocycles. The van der Waals surface area contributed by atoms with Crippen molar-refractivity contribution in [1.29, 1.82) is 0 Å². The second-order valence-corrected chi connectivity index (χ2v) is 2.32. The van der Waals surface area contributed by atoms with Crippen molar-refractivity contribution in [3.05, 3.63) is 29.8 Å². The third kappa shape index (κ3) is 1.71. The normalized spacial score (nSPS) is 12.2. The summed E-state index contributed by atoms with van der Waals surface area (Å²) >= 11 is 0. The maximum atomic E-state index is 11.0. The van der Waals surface area contributed by atoms with Gasteiger partial charge in [0.1, 0.15) is 0 Å². The van der Waals surface area contributed by atoms with Crippen molar-refractivity contribution in [3.63, 3.8) is 0 Å². The Balaban J connectivity index is 0.000000605. The minimum Gasteiger partial charge on any atom is -0.377 e. The van der Waals surface area contributed by atoms with Crippen molar-refractivity contribution in [2.24, 2.45) is 0 Å². The largest absolute Gasteiger partial charge is 0.377 e. The molecule has 12 heavy (non-hydrogen) atoms. The van der Waals surface area contributed by atoms with Crippen molar-refractivity contribution < 1.29 is 4.79 Å². The fourth-order valence-electron chi connectivity index (χ4n) is 1.15. The molecule has 0 aromatic heterocycles. The van der Waals surface area contributed by atoms with E-state index in [2.05, 4.69) is 5.32 Å². The number of fused-ring (bicyclic) bond motifs is 1. The van der Waals surface area contributed by atoms with Gasteiger partial charge in [-0.1, -0.05) is 12.1 Å². The van der Waals surface area contributed by atoms with E-state index in [0.717, 1.165) is 11.3 Å². The number of benzene rings is 1. The lowest BCUT2D eigenvalue weighted by atomic mass is 10.1. The number of carbonyl (C=O) groups is 1. The summed E-state index contributed by atoms with van der Waals surface area (Å²) in [6.45, 7) is 0.458. The lowest BCUT2D eigenvalue weighted by molar-refractivity contribution is 0.101. The molecule has 0 saturated heterocycles. The van der Waals surface area contributed by atoms with Gasteiger partial charge in [-0.25, -0.2) is 0 Å². The van der Waals surface area contributed by atoms with Crippen LogP contribution in [0.2, 0.25) is 0 Å². The van der Waals surface area contributed by atoms with Gasteiger partial charge in [-0.15, -0.1) is 24.8 Å². The Labute approximate surface area is 83.2 Å². The van der Waals surface area contributed by atoms with Crippen LogP contribution < -0.4 is 5.32 Å². The van der Waals surface area contributed by atoms with Crippen molar-refractivity contribution in [2.75, 3.05) is 11.9 Å². The Hall–Kier alpha value is -0.730. The quantitative estimate of drug-likeness (QED) is 0.704. The molecular formula is C8H9Cl2NO. The molecular weight excluding hydrogens is 197 g/mol. The first kappa shape index (κ1) is 11.3. The molecule has 0 atom stereocenters. The average molecular weight is 206 g/mol. The Bertz CT molecular complexity index is 288. The van der Waals surface area contributed by atoms with Crippen LogP contribution in [0.3, 0.4) is 0 Å². The van der Waals surface area contributed by atoms with Gasteiger partial charge in [-0.05, 0) is 12.1 Å². The zero-order valence-corrected chi connectivity index (χ0v) is 7.87. The highest BCUT2D eigenvalue weighted by Gasteiger charge is 2.16. The predicted molar refractivity (Wildman–Crippen MR) is 53.8 cm³/mol. The first-order chi connectivity index (χ1) is 4.88. The van der Waals surface area contributed by atoms with E-state index >= 15 is 0 Å². The molecule has 0 unspecified atom stereocenters. The Morgan fingerprint density at radius 1 is 1.17 bits per heavy atom. The highest BCUT2D eigenvalue weighted by atomic mass is 35.5. The van der Waals surface area contributed by atoms with Crippen LogP contribution in [0.15, 0.2) is 24.3 Å². The Morgan fingerprint density at radius 3 is 2.50 bits per heavy atom. The summed E-state index contributed by atoms with van der Waals surface area (Å²) in [5.74, 6) is 0.190. The molecule has 0 spiro atoms. The van der Waals surface area contributed by atoms with Crippen LogP contribution in [0.5, 0.6) is 0 Å². The highest BCUT2D eigenvalue weighted by molar-refractivity contribution is 6.07. The summed E-state index contributed by atoms with van der Waals surface area (Å²) in [5, 5.41) is 3.00. The molecule has 2 rings (SSSR count). The fourth-order valence-corrected chi connectivity index (χ4v) is 1.15. The molecule has 0 saturated carbocycles. The van der Waals surface area contributed by atoms with E-state index in [9.17, 15) is 4.79 Å². The van der Waals surface area contributed by atoms with E-state index in [4.69, 9.17) is 0 Å². The third-order valence-electron chi connectivity index (χ3n) is 1.67. The molecule has 0 fully saturated rings. The lowest BCUT2D eigenvalue weighted by Gasteiger charge is -1.92. The molecule has 1 aromatic rings. The van der Waals surface area contributed by atoms with Crippen LogP contribution in [0.25, 0.3) is 0 Å². The fraction of sp³-hybridized carbons (Fsp3) is 0.125. The maximum Gasteiger partial charge on any atom is 0.183 e. The summed E-state index contributed by atoms with van der Waals surface area (Å²) in [4.78, 5) is 11.0. The van der Waals surface area contributed by atoms with E-state index in [1.807, 2.05) is 24.3 Å². The van der Waals surface area contributed by atoms with Gasteiger partial charge in [0.05, 0.1) is 6.54 Å². The van der Waals surface area contributed by atoms with Crippen LogP contribution in [0, 0.1) is 0 Å². The van der Waals surface area contributed by atoms with Crippen LogP contribution in [0.1, 0.15) is 10.4 Å². The summed E-state index contributed by atoms with van der Waals surface area (Å²) in [6.07, 6.45) is 0. The number of hydrogen-bond donors (Lipinski definition) is 1. The molecule has 0 aliphatic carbocycles. The minimum atomic E-state index is 0. The SMILES string of the molecule is Cl.Cl.O=C1CNc2ccccc21. The number of hydrogen-bond acceptors (Lipinski definition) is 2. The lowest BCUT2D eigenvalue weighted by Crippen LogP contribution is -2.00. The van der Waals surface area contributed by atoms with Gasteiger partial charge in [0.25, 0.3) is 0 Å². The predicted octanol–water partition coefficient (Wildman–Crippen LogP) is 2.14. The van der Waals surface area contributed by atoms with Gasteiger partial charge >= 0.3 is 0 Å². The maximum absolute atomic E-state index is 11.0. The monoisotopic (exact) mass is 205 g/mol. The molecule has 1 N–H and O–H groups in total. The molecule has 0 amide bonds. The van der Waals surface area contributed by atoms with Crippen LogP contribution in [-0.2, 0) is 0 Å². The summed E-state index contributed by atoms with van der Waals surface area (Å²) in [6, 6.07) is 7.56. The number of halogens is 2. The Morgan fingerprint density at radius 2 is 1.83 bits per heavy atom. The number of anilines is 1. The van der Waals surface area contributed by atoms with E-state index in [-0.39, 0.29) is 30.6 Å². The number of rotatable bonds is 0. The second-order valence-electron chi connectivity index (χ2n) is 2.32. The molecule has 66 valence electrons. The zero-order valence-electron chi connectivity index (χ0n) is 6.24. The van der Waals surface area contributed by atoms with Gasteiger partial charge < -0.3 is 5.32 Å². The van der Waals surface area contributed by atoms with Gasteiger partial charge in [0.15, 0.2) is 5.78 Å². The number of para-hydroxylation sites is 1. The zero-order chi connectivity index (χ0) is 6.97. The van der Waals surface area contributed by atoms with Crippen LogP contribution >= 0.6 is 24.8 Å². The molecule has 1 heterocycles.